The summed E-state index contributed by atoms with van der Waals surface area (Å²) in [4.78, 5) is 26.7. The van der Waals surface area contributed by atoms with Gasteiger partial charge < -0.3 is 24.0 Å². The van der Waals surface area contributed by atoms with Gasteiger partial charge in [-0.3, -0.25) is 4.79 Å². The number of aromatic nitrogens is 2. The summed E-state index contributed by atoms with van der Waals surface area (Å²) in [6.45, 7) is 8.33. The number of carbonyl (C=O) groups excluding carboxylic acids is 1. The number of nitrogens with zero attached hydrogens (tertiary/aromatic N) is 4. The van der Waals surface area contributed by atoms with Crippen LogP contribution in [0.4, 0.5) is 0 Å². The van der Waals surface area contributed by atoms with Gasteiger partial charge in [-0.1, -0.05) is 30.7 Å². The van der Waals surface area contributed by atoms with Crippen LogP contribution in [-0.4, -0.2) is 65.2 Å². The number of carbonyl (C=O) groups is 1. The van der Waals surface area contributed by atoms with E-state index >= 15 is 0 Å². The number of amides is 1. The molecule has 0 radical (unpaired) electrons. The Morgan fingerprint density at radius 1 is 1.06 bits per heavy atom. The highest BCUT2D eigenvalue weighted by molar-refractivity contribution is 5.96. The Labute approximate surface area is 192 Å². The second-order valence-corrected chi connectivity index (χ2v) is 8.13. The van der Waals surface area contributed by atoms with Crippen molar-refractivity contribution in [3.05, 3.63) is 59.8 Å². The minimum absolute atomic E-state index is 0.128. The predicted octanol–water partition coefficient (Wildman–Crippen LogP) is 3.75. The standard InChI is InChI=1S/C25H26N4O4/c1-3-28-9-11-29(12-10-28)25(30)20-15-26-23(18-6-4-5-17(2)13-18)27-24(20)33-19-7-8-21-22(14-19)32-16-31-21/h4-8,13-15H,3,9-12,16H2,1-2H3. The molecule has 0 aliphatic carbocycles. The number of hydrogen-bond acceptors (Lipinski definition) is 7. The smallest absolute Gasteiger partial charge is 0.261 e. The van der Waals surface area contributed by atoms with Gasteiger partial charge in [0.25, 0.3) is 5.91 Å². The Morgan fingerprint density at radius 3 is 2.67 bits per heavy atom. The molecule has 0 atom stereocenters. The molecule has 33 heavy (non-hydrogen) atoms. The van der Waals surface area contributed by atoms with Gasteiger partial charge in [-0.05, 0) is 31.7 Å². The largest absolute Gasteiger partial charge is 0.454 e. The maximum atomic E-state index is 13.4. The van der Waals surface area contributed by atoms with Gasteiger partial charge in [-0.15, -0.1) is 0 Å². The Hall–Kier alpha value is -3.65. The SMILES string of the molecule is CCN1CCN(C(=O)c2cnc(-c3cccc(C)c3)nc2Oc2ccc3c(c2)OCO3)CC1. The van der Waals surface area contributed by atoms with Crippen molar-refractivity contribution in [3.8, 4) is 34.5 Å². The molecule has 3 aromatic rings. The van der Waals surface area contributed by atoms with Gasteiger partial charge in [0.2, 0.25) is 12.7 Å². The Balaban J connectivity index is 1.48. The van der Waals surface area contributed by atoms with Gasteiger partial charge in [0.1, 0.15) is 11.3 Å². The van der Waals surface area contributed by atoms with Gasteiger partial charge in [0.05, 0.1) is 0 Å². The van der Waals surface area contributed by atoms with E-state index in [1.807, 2.05) is 36.1 Å². The molecule has 1 aromatic heterocycles. The van der Waals surface area contributed by atoms with Crippen LogP contribution in [0.1, 0.15) is 22.8 Å². The van der Waals surface area contributed by atoms with E-state index in [4.69, 9.17) is 14.2 Å². The first-order chi connectivity index (χ1) is 16.1. The number of fused-ring (bicyclic) bond motifs is 1. The summed E-state index contributed by atoms with van der Waals surface area (Å²) in [6, 6.07) is 13.2. The highest BCUT2D eigenvalue weighted by Crippen LogP contribution is 2.37. The van der Waals surface area contributed by atoms with E-state index in [0.29, 0.717) is 41.7 Å². The van der Waals surface area contributed by atoms with E-state index in [0.717, 1.165) is 30.8 Å². The van der Waals surface area contributed by atoms with E-state index in [9.17, 15) is 4.79 Å². The highest BCUT2D eigenvalue weighted by atomic mass is 16.7. The second-order valence-electron chi connectivity index (χ2n) is 8.13. The maximum Gasteiger partial charge on any atom is 0.261 e. The fourth-order valence-corrected chi connectivity index (χ4v) is 4.00. The van der Waals surface area contributed by atoms with Crippen LogP contribution in [0.15, 0.2) is 48.7 Å². The third-order valence-electron chi connectivity index (χ3n) is 5.93. The average molecular weight is 447 g/mol. The summed E-state index contributed by atoms with van der Waals surface area (Å²) < 4.78 is 17.0. The lowest BCUT2D eigenvalue weighted by Crippen LogP contribution is -2.48. The van der Waals surface area contributed by atoms with Crippen LogP contribution in [0, 0.1) is 6.92 Å². The van der Waals surface area contributed by atoms with Gasteiger partial charge in [-0.25, -0.2) is 4.98 Å². The minimum atomic E-state index is -0.128. The molecule has 2 aromatic carbocycles. The predicted molar refractivity (Wildman–Crippen MR) is 123 cm³/mol. The molecular weight excluding hydrogens is 420 g/mol. The minimum Gasteiger partial charge on any atom is -0.454 e. The average Bonchev–Trinajstić information content (AvgIpc) is 3.32. The van der Waals surface area contributed by atoms with Gasteiger partial charge in [-0.2, -0.15) is 4.98 Å². The Kier molecular flexibility index (Phi) is 5.83. The van der Waals surface area contributed by atoms with Crippen LogP contribution in [0.2, 0.25) is 0 Å². The van der Waals surface area contributed by atoms with Crippen molar-refractivity contribution in [2.75, 3.05) is 39.5 Å². The topological polar surface area (TPSA) is 77.0 Å². The zero-order chi connectivity index (χ0) is 22.8. The molecule has 2 aliphatic rings. The fourth-order valence-electron chi connectivity index (χ4n) is 4.00. The fraction of sp³-hybridized carbons (Fsp3) is 0.320. The molecular formula is C25H26N4O4. The van der Waals surface area contributed by atoms with Crippen LogP contribution in [-0.2, 0) is 0 Å². The summed E-state index contributed by atoms with van der Waals surface area (Å²) in [6.07, 6.45) is 1.57. The third-order valence-corrected chi connectivity index (χ3v) is 5.93. The Bertz CT molecular complexity index is 1170. The first-order valence-corrected chi connectivity index (χ1v) is 11.1. The monoisotopic (exact) mass is 446 g/mol. The number of piperazine rings is 1. The maximum absolute atomic E-state index is 13.4. The molecule has 0 spiro atoms. The van der Waals surface area contributed by atoms with Crippen LogP contribution < -0.4 is 14.2 Å². The molecule has 5 rings (SSSR count). The normalized spacial score (nSPS) is 15.5. The zero-order valence-corrected chi connectivity index (χ0v) is 18.8. The lowest BCUT2D eigenvalue weighted by Gasteiger charge is -2.34. The molecule has 1 fully saturated rings. The van der Waals surface area contributed by atoms with Crippen LogP contribution in [0.5, 0.6) is 23.1 Å². The van der Waals surface area contributed by atoms with Crippen LogP contribution in [0.25, 0.3) is 11.4 Å². The Morgan fingerprint density at radius 2 is 1.88 bits per heavy atom. The van der Waals surface area contributed by atoms with E-state index in [1.54, 1.807) is 24.4 Å². The van der Waals surface area contributed by atoms with Crippen molar-refractivity contribution in [1.82, 2.24) is 19.8 Å². The van der Waals surface area contributed by atoms with Crippen molar-refractivity contribution in [1.29, 1.82) is 0 Å². The third kappa shape index (κ3) is 4.47. The van der Waals surface area contributed by atoms with E-state index in [1.165, 1.54) is 0 Å². The summed E-state index contributed by atoms with van der Waals surface area (Å²) in [7, 11) is 0. The number of rotatable bonds is 5. The molecule has 2 aliphatic heterocycles. The lowest BCUT2D eigenvalue weighted by atomic mass is 10.1. The number of likely N-dealkylation sites (N-methyl/N-ethyl adjacent to an activating group) is 1. The van der Waals surface area contributed by atoms with E-state index in [2.05, 4.69) is 21.8 Å². The second kappa shape index (κ2) is 9.07. The number of benzene rings is 2. The van der Waals surface area contributed by atoms with Crippen LogP contribution in [0.3, 0.4) is 0 Å². The van der Waals surface area contributed by atoms with E-state index < -0.39 is 0 Å². The molecule has 8 heteroatoms. The molecule has 0 unspecified atom stereocenters. The van der Waals surface area contributed by atoms with E-state index in [-0.39, 0.29) is 18.6 Å². The summed E-state index contributed by atoms with van der Waals surface area (Å²) in [5.41, 5.74) is 2.30. The van der Waals surface area contributed by atoms with Gasteiger partial charge in [0.15, 0.2) is 17.3 Å². The van der Waals surface area contributed by atoms with Crippen molar-refractivity contribution >= 4 is 5.91 Å². The highest BCUT2D eigenvalue weighted by Gasteiger charge is 2.26. The molecule has 0 N–H and O–H groups in total. The molecule has 8 nitrogen and oxygen atoms in total. The summed E-state index contributed by atoms with van der Waals surface area (Å²) in [5.74, 6) is 2.37. The first-order valence-electron chi connectivity index (χ1n) is 11.1. The molecule has 1 amide bonds. The van der Waals surface area contributed by atoms with Crippen molar-refractivity contribution in [2.45, 2.75) is 13.8 Å². The number of hydrogen-bond donors (Lipinski definition) is 0. The molecule has 3 heterocycles. The summed E-state index contributed by atoms with van der Waals surface area (Å²) in [5, 5.41) is 0. The summed E-state index contributed by atoms with van der Waals surface area (Å²) >= 11 is 0. The lowest BCUT2D eigenvalue weighted by molar-refractivity contribution is 0.0639. The number of ether oxygens (including phenoxy) is 3. The molecule has 0 bridgehead atoms. The van der Waals surface area contributed by atoms with Crippen molar-refractivity contribution < 1.29 is 19.0 Å². The van der Waals surface area contributed by atoms with Crippen LogP contribution >= 0.6 is 0 Å². The molecule has 170 valence electrons. The van der Waals surface area contributed by atoms with Crippen molar-refractivity contribution in [3.63, 3.8) is 0 Å². The number of aryl methyl sites for hydroxylation is 1. The molecule has 0 saturated carbocycles. The zero-order valence-electron chi connectivity index (χ0n) is 18.8. The van der Waals surface area contributed by atoms with Gasteiger partial charge >= 0.3 is 0 Å². The van der Waals surface area contributed by atoms with Gasteiger partial charge in [0, 0.05) is 44.0 Å². The van der Waals surface area contributed by atoms with Crippen molar-refractivity contribution in [2.24, 2.45) is 0 Å². The first kappa shape index (κ1) is 21.2. The quantitative estimate of drug-likeness (QED) is 0.591. The molecule has 1 saturated heterocycles.